The van der Waals surface area contributed by atoms with E-state index < -0.39 is 0 Å². The van der Waals surface area contributed by atoms with E-state index in [1.54, 1.807) is 19.6 Å². The van der Waals surface area contributed by atoms with Gasteiger partial charge in [-0.1, -0.05) is 0 Å². The lowest BCUT2D eigenvalue weighted by Gasteiger charge is -2.17. The van der Waals surface area contributed by atoms with Crippen molar-refractivity contribution < 1.29 is 9.84 Å². The van der Waals surface area contributed by atoms with Gasteiger partial charge in [-0.25, -0.2) is 9.97 Å². The van der Waals surface area contributed by atoms with Crippen LogP contribution in [0.4, 0.5) is 5.82 Å². The number of ether oxygens (including phenoxy) is 1. The molecule has 2 aromatic rings. The van der Waals surface area contributed by atoms with Crippen LogP contribution in [0.25, 0.3) is 11.0 Å². The van der Waals surface area contributed by atoms with Crippen LogP contribution in [0.3, 0.4) is 0 Å². The summed E-state index contributed by atoms with van der Waals surface area (Å²) in [4.78, 5) is 8.63. The third-order valence-electron chi connectivity index (χ3n) is 2.83. The molecule has 0 amide bonds. The fourth-order valence-corrected chi connectivity index (χ4v) is 1.92. The van der Waals surface area contributed by atoms with Crippen LogP contribution in [-0.2, 0) is 11.8 Å². The zero-order valence-electron chi connectivity index (χ0n) is 10.6. The summed E-state index contributed by atoms with van der Waals surface area (Å²) >= 11 is 0. The first-order valence-corrected chi connectivity index (χ1v) is 5.88. The highest BCUT2D eigenvalue weighted by atomic mass is 16.5. The number of pyridine rings is 1. The predicted octanol–water partition coefficient (Wildman–Crippen LogP) is 0.778. The number of imidazole rings is 1. The number of anilines is 1. The summed E-state index contributed by atoms with van der Waals surface area (Å²) in [5, 5.41) is 12.3. The Morgan fingerprint density at radius 3 is 3.06 bits per heavy atom. The quantitative estimate of drug-likeness (QED) is 0.792. The van der Waals surface area contributed by atoms with Gasteiger partial charge in [0, 0.05) is 27.0 Å². The van der Waals surface area contributed by atoms with E-state index >= 15 is 0 Å². The molecule has 2 aromatic heterocycles. The molecular weight excluding hydrogens is 232 g/mol. The fourth-order valence-electron chi connectivity index (χ4n) is 1.92. The number of hydrogen-bond acceptors (Lipinski definition) is 5. The fraction of sp³-hybridized carbons (Fsp3) is 0.500. The average molecular weight is 250 g/mol. The van der Waals surface area contributed by atoms with Crippen LogP contribution >= 0.6 is 0 Å². The Kier molecular flexibility index (Phi) is 4.11. The van der Waals surface area contributed by atoms with Gasteiger partial charge < -0.3 is 19.7 Å². The number of aliphatic hydroxyl groups excluding tert-OH is 1. The van der Waals surface area contributed by atoms with E-state index in [-0.39, 0.29) is 12.6 Å². The van der Waals surface area contributed by atoms with Crippen LogP contribution in [0, 0.1) is 0 Å². The monoisotopic (exact) mass is 250 g/mol. The van der Waals surface area contributed by atoms with E-state index in [4.69, 9.17) is 9.84 Å². The van der Waals surface area contributed by atoms with E-state index in [0.717, 1.165) is 16.9 Å². The minimum Gasteiger partial charge on any atom is -0.396 e. The highest BCUT2D eigenvalue weighted by Crippen LogP contribution is 2.19. The first-order chi connectivity index (χ1) is 8.76. The van der Waals surface area contributed by atoms with Gasteiger partial charge in [0.25, 0.3) is 0 Å². The molecule has 0 bridgehead atoms. The molecule has 0 spiro atoms. The van der Waals surface area contributed by atoms with E-state index in [2.05, 4.69) is 15.3 Å². The third-order valence-corrected chi connectivity index (χ3v) is 2.83. The third kappa shape index (κ3) is 2.60. The molecule has 18 heavy (non-hydrogen) atoms. The van der Waals surface area contributed by atoms with E-state index in [1.807, 2.05) is 17.7 Å². The maximum absolute atomic E-state index is 9.02. The van der Waals surface area contributed by atoms with Crippen molar-refractivity contribution in [1.82, 2.24) is 14.5 Å². The molecule has 0 aliphatic rings. The van der Waals surface area contributed by atoms with Crippen LogP contribution in [0.1, 0.15) is 6.42 Å². The molecule has 0 saturated carbocycles. The summed E-state index contributed by atoms with van der Waals surface area (Å²) < 4.78 is 7.06. The van der Waals surface area contributed by atoms with Crippen molar-refractivity contribution in [2.24, 2.45) is 7.05 Å². The summed E-state index contributed by atoms with van der Waals surface area (Å²) in [6.07, 6.45) is 4.11. The number of aromatic nitrogens is 3. The van der Waals surface area contributed by atoms with Crippen molar-refractivity contribution in [2.75, 3.05) is 25.6 Å². The van der Waals surface area contributed by atoms with Crippen molar-refractivity contribution in [3.8, 4) is 0 Å². The normalized spacial score (nSPS) is 12.8. The van der Waals surface area contributed by atoms with Crippen molar-refractivity contribution in [2.45, 2.75) is 12.5 Å². The zero-order chi connectivity index (χ0) is 13.0. The molecule has 0 fully saturated rings. The van der Waals surface area contributed by atoms with Gasteiger partial charge in [0.1, 0.15) is 5.52 Å². The van der Waals surface area contributed by atoms with Crippen molar-refractivity contribution in [3.05, 3.63) is 18.6 Å². The van der Waals surface area contributed by atoms with Crippen LogP contribution in [0.2, 0.25) is 0 Å². The predicted molar refractivity (Wildman–Crippen MR) is 69.5 cm³/mol. The van der Waals surface area contributed by atoms with Crippen LogP contribution < -0.4 is 5.32 Å². The molecule has 2 heterocycles. The standard InChI is InChI=1S/C12H18N4O2/c1-16-8-14-11-10(16)3-5-13-12(11)15-9(4-6-17)7-18-2/h3,5,8-9,17H,4,6-7H2,1-2H3,(H,13,15). The van der Waals surface area contributed by atoms with Gasteiger partial charge in [-0.2, -0.15) is 0 Å². The van der Waals surface area contributed by atoms with Crippen molar-refractivity contribution >= 4 is 16.9 Å². The number of methoxy groups -OCH3 is 1. The van der Waals surface area contributed by atoms with Gasteiger partial charge in [-0.05, 0) is 12.5 Å². The van der Waals surface area contributed by atoms with Crippen LogP contribution in [0.5, 0.6) is 0 Å². The second kappa shape index (κ2) is 5.79. The van der Waals surface area contributed by atoms with E-state index in [0.29, 0.717) is 13.0 Å². The molecule has 98 valence electrons. The van der Waals surface area contributed by atoms with Crippen LogP contribution in [0.15, 0.2) is 18.6 Å². The lowest BCUT2D eigenvalue weighted by atomic mass is 10.2. The smallest absolute Gasteiger partial charge is 0.154 e. The van der Waals surface area contributed by atoms with Gasteiger partial charge in [-0.3, -0.25) is 0 Å². The maximum Gasteiger partial charge on any atom is 0.154 e. The molecule has 2 N–H and O–H groups in total. The molecule has 0 aromatic carbocycles. The minimum atomic E-state index is 0.0279. The Bertz CT molecular complexity index is 506. The Morgan fingerprint density at radius 1 is 1.50 bits per heavy atom. The summed E-state index contributed by atoms with van der Waals surface area (Å²) in [6.45, 7) is 0.630. The maximum atomic E-state index is 9.02. The second-order valence-electron chi connectivity index (χ2n) is 4.19. The summed E-state index contributed by atoms with van der Waals surface area (Å²) in [7, 11) is 3.58. The first-order valence-electron chi connectivity index (χ1n) is 5.88. The summed E-state index contributed by atoms with van der Waals surface area (Å²) in [5.41, 5.74) is 1.85. The summed E-state index contributed by atoms with van der Waals surface area (Å²) in [5.74, 6) is 0.726. The van der Waals surface area contributed by atoms with E-state index in [9.17, 15) is 0 Å². The van der Waals surface area contributed by atoms with Gasteiger partial charge in [-0.15, -0.1) is 0 Å². The Hall–Kier alpha value is -1.66. The van der Waals surface area contributed by atoms with Crippen LogP contribution in [-0.4, -0.2) is 46.0 Å². The van der Waals surface area contributed by atoms with Crippen molar-refractivity contribution in [3.63, 3.8) is 0 Å². The molecule has 1 atom stereocenters. The topological polar surface area (TPSA) is 72.2 Å². The molecule has 0 radical (unpaired) electrons. The molecule has 2 rings (SSSR count). The Balaban J connectivity index is 2.24. The highest BCUT2D eigenvalue weighted by molar-refractivity contribution is 5.85. The lowest BCUT2D eigenvalue weighted by Crippen LogP contribution is -2.26. The van der Waals surface area contributed by atoms with Gasteiger partial charge in [0.2, 0.25) is 0 Å². The van der Waals surface area contributed by atoms with Crippen molar-refractivity contribution in [1.29, 1.82) is 0 Å². The van der Waals surface area contributed by atoms with Gasteiger partial charge in [0.05, 0.1) is 24.5 Å². The molecule has 1 unspecified atom stereocenters. The Morgan fingerprint density at radius 2 is 2.33 bits per heavy atom. The number of nitrogens with zero attached hydrogens (tertiary/aromatic N) is 3. The molecule has 0 aliphatic carbocycles. The molecule has 6 nitrogen and oxygen atoms in total. The number of nitrogens with one attached hydrogen (secondary N) is 1. The average Bonchev–Trinajstić information content (AvgIpc) is 2.73. The molecule has 6 heteroatoms. The lowest BCUT2D eigenvalue weighted by molar-refractivity contribution is 0.170. The highest BCUT2D eigenvalue weighted by Gasteiger charge is 2.12. The van der Waals surface area contributed by atoms with Gasteiger partial charge in [0.15, 0.2) is 5.82 Å². The molecule has 0 aliphatic heterocycles. The number of aryl methyl sites for hydroxylation is 1. The number of rotatable bonds is 6. The molecular formula is C12H18N4O2. The number of fused-ring (bicyclic) bond motifs is 1. The number of aliphatic hydroxyl groups is 1. The minimum absolute atomic E-state index is 0.0279. The summed E-state index contributed by atoms with van der Waals surface area (Å²) in [6, 6.07) is 1.95. The largest absolute Gasteiger partial charge is 0.396 e. The molecule has 0 saturated heterocycles. The SMILES string of the molecule is COCC(CCO)Nc1nccc2c1ncn2C. The van der Waals surface area contributed by atoms with E-state index in [1.165, 1.54) is 0 Å². The number of hydrogen-bond donors (Lipinski definition) is 2. The second-order valence-corrected chi connectivity index (χ2v) is 4.19. The van der Waals surface area contributed by atoms with Gasteiger partial charge >= 0.3 is 0 Å². The zero-order valence-corrected chi connectivity index (χ0v) is 10.6. The first kappa shape index (κ1) is 12.8. The Labute approximate surface area is 106 Å².